The molecule has 1 aromatic rings. The van der Waals surface area contributed by atoms with Gasteiger partial charge >= 0.3 is 0 Å². The van der Waals surface area contributed by atoms with Crippen LogP contribution in [0.3, 0.4) is 0 Å². The van der Waals surface area contributed by atoms with E-state index in [4.69, 9.17) is 10.5 Å². The zero-order valence-electron chi connectivity index (χ0n) is 12.7. The van der Waals surface area contributed by atoms with Crippen molar-refractivity contribution in [2.24, 2.45) is 11.7 Å². The summed E-state index contributed by atoms with van der Waals surface area (Å²) in [6.45, 7) is 0.723. The number of rotatable bonds is 3. The van der Waals surface area contributed by atoms with Crippen molar-refractivity contribution in [2.75, 3.05) is 13.2 Å². The van der Waals surface area contributed by atoms with Crippen LogP contribution in [0.25, 0.3) is 0 Å². The van der Waals surface area contributed by atoms with Crippen LogP contribution in [-0.2, 0) is 10.4 Å². The minimum Gasteiger partial charge on any atom is -0.375 e. The third-order valence-electron chi connectivity index (χ3n) is 5.46. The summed E-state index contributed by atoms with van der Waals surface area (Å²) in [5.41, 5.74) is 5.10. The Bertz CT molecular complexity index is 452. The van der Waals surface area contributed by atoms with Crippen LogP contribution in [0, 0.1) is 5.92 Å². The summed E-state index contributed by atoms with van der Waals surface area (Å²) in [7, 11) is 0. The first kappa shape index (κ1) is 15.0. The van der Waals surface area contributed by atoms with Gasteiger partial charge < -0.3 is 10.5 Å². The highest BCUT2D eigenvalue weighted by atomic mass is 19.1. The third kappa shape index (κ3) is 2.86. The Balaban J connectivity index is 1.83. The van der Waals surface area contributed by atoms with E-state index in [0.717, 1.165) is 31.2 Å². The normalized spacial score (nSPS) is 28.2. The summed E-state index contributed by atoms with van der Waals surface area (Å²) in [6.07, 6.45) is 7.45. The van der Waals surface area contributed by atoms with Crippen molar-refractivity contribution in [3.63, 3.8) is 0 Å². The van der Waals surface area contributed by atoms with Crippen LogP contribution < -0.4 is 5.73 Å². The van der Waals surface area contributed by atoms with Gasteiger partial charge in [0.15, 0.2) is 5.67 Å². The Hall–Kier alpha value is -0.930. The van der Waals surface area contributed by atoms with Crippen molar-refractivity contribution >= 4 is 0 Å². The molecule has 1 heterocycles. The maximum absolute atomic E-state index is 15.7. The quantitative estimate of drug-likeness (QED) is 0.915. The van der Waals surface area contributed by atoms with Crippen LogP contribution >= 0.6 is 0 Å². The number of benzene rings is 1. The first-order valence-corrected chi connectivity index (χ1v) is 8.27. The average molecular weight is 291 g/mol. The van der Waals surface area contributed by atoms with Gasteiger partial charge in [0.05, 0.1) is 5.60 Å². The number of ether oxygens (including phenoxy) is 1. The third-order valence-corrected chi connectivity index (χ3v) is 5.46. The van der Waals surface area contributed by atoms with Gasteiger partial charge in [-0.3, -0.25) is 0 Å². The average Bonchev–Trinajstić information content (AvgIpc) is 2.56. The molecule has 2 unspecified atom stereocenters. The van der Waals surface area contributed by atoms with Gasteiger partial charge in [-0.25, -0.2) is 4.39 Å². The van der Waals surface area contributed by atoms with Crippen LogP contribution in [-0.4, -0.2) is 18.8 Å². The molecule has 21 heavy (non-hydrogen) atoms. The van der Waals surface area contributed by atoms with E-state index in [1.54, 1.807) is 0 Å². The van der Waals surface area contributed by atoms with Gasteiger partial charge in [-0.1, -0.05) is 49.6 Å². The fourth-order valence-electron chi connectivity index (χ4n) is 4.20. The van der Waals surface area contributed by atoms with E-state index in [2.05, 4.69) is 0 Å². The molecule has 1 spiro atoms. The standard InChI is InChI=1S/C18H26FNO/c19-18(14-20,15-7-3-1-4-8-15)16-9-12-21-17(13-16)10-5-2-6-11-17/h1,3-4,7-8,16H,2,5-6,9-14,20H2. The smallest absolute Gasteiger partial charge is 0.151 e. The fourth-order valence-corrected chi connectivity index (χ4v) is 4.20. The Labute approximate surface area is 126 Å². The van der Waals surface area contributed by atoms with Gasteiger partial charge in [-0.05, 0) is 31.2 Å². The van der Waals surface area contributed by atoms with Gasteiger partial charge in [0.2, 0.25) is 0 Å². The van der Waals surface area contributed by atoms with E-state index in [9.17, 15) is 0 Å². The molecule has 3 heteroatoms. The number of nitrogens with two attached hydrogens (primary N) is 1. The summed E-state index contributed by atoms with van der Waals surface area (Å²) < 4.78 is 21.8. The highest BCUT2D eigenvalue weighted by molar-refractivity contribution is 5.24. The predicted octanol–water partition coefficient (Wildman–Crippen LogP) is 3.94. The van der Waals surface area contributed by atoms with E-state index in [0.29, 0.717) is 6.61 Å². The molecule has 0 radical (unpaired) electrons. The summed E-state index contributed by atoms with van der Waals surface area (Å²) in [5.74, 6) is -0.0308. The molecule has 2 atom stereocenters. The highest BCUT2D eigenvalue weighted by Crippen LogP contribution is 2.47. The van der Waals surface area contributed by atoms with Crippen LogP contribution in [0.1, 0.15) is 50.5 Å². The largest absolute Gasteiger partial charge is 0.375 e. The SMILES string of the molecule is NCC(F)(c1ccccc1)C1CCOC2(CCCCC2)C1. The molecule has 2 fully saturated rings. The molecular weight excluding hydrogens is 265 g/mol. The predicted molar refractivity (Wildman–Crippen MR) is 82.8 cm³/mol. The lowest BCUT2D eigenvalue weighted by Crippen LogP contribution is -2.49. The second kappa shape index (κ2) is 6.05. The lowest BCUT2D eigenvalue weighted by Gasteiger charge is -2.47. The van der Waals surface area contributed by atoms with Crippen molar-refractivity contribution in [3.8, 4) is 0 Å². The highest BCUT2D eigenvalue weighted by Gasteiger charge is 2.47. The first-order valence-electron chi connectivity index (χ1n) is 8.27. The molecule has 2 nitrogen and oxygen atoms in total. The summed E-state index contributed by atoms with van der Waals surface area (Å²) >= 11 is 0. The minimum absolute atomic E-state index is 0.0308. The van der Waals surface area contributed by atoms with Gasteiger partial charge in [-0.15, -0.1) is 0 Å². The van der Waals surface area contributed by atoms with E-state index >= 15 is 4.39 Å². The monoisotopic (exact) mass is 291 g/mol. The van der Waals surface area contributed by atoms with Crippen LogP contribution in [0.5, 0.6) is 0 Å². The molecular formula is C18H26FNO. The number of hydrogen-bond donors (Lipinski definition) is 1. The van der Waals surface area contributed by atoms with Crippen LogP contribution in [0.4, 0.5) is 4.39 Å². The lowest BCUT2D eigenvalue weighted by atomic mass is 9.69. The van der Waals surface area contributed by atoms with Crippen molar-refractivity contribution in [1.82, 2.24) is 0 Å². The molecule has 0 aromatic heterocycles. The lowest BCUT2D eigenvalue weighted by molar-refractivity contribution is -0.141. The Kier molecular flexibility index (Phi) is 4.32. The maximum Gasteiger partial charge on any atom is 0.151 e. The van der Waals surface area contributed by atoms with Crippen LogP contribution in [0.15, 0.2) is 30.3 Å². The Morgan fingerprint density at radius 1 is 1.19 bits per heavy atom. The molecule has 1 aromatic carbocycles. The van der Waals surface area contributed by atoms with Gasteiger partial charge in [0, 0.05) is 19.1 Å². The first-order chi connectivity index (χ1) is 10.2. The molecule has 1 aliphatic heterocycles. The van der Waals surface area contributed by atoms with E-state index in [-0.39, 0.29) is 18.1 Å². The van der Waals surface area contributed by atoms with E-state index < -0.39 is 5.67 Å². The second-order valence-electron chi connectivity index (χ2n) is 6.71. The van der Waals surface area contributed by atoms with Gasteiger partial charge in [0.25, 0.3) is 0 Å². The van der Waals surface area contributed by atoms with E-state index in [1.165, 1.54) is 19.3 Å². The fraction of sp³-hybridized carbons (Fsp3) is 0.667. The molecule has 1 saturated carbocycles. The molecule has 0 bridgehead atoms. The molecule has 1 aliphatic carbocycles. The molecule has 2 N–H and O–H groups in total. The van der Waals surface area contributed by atoms with Crippen molar-refractivity contribution in [1.29, 1.82) is 0 Å². The van der Waals surface area contributed by atoms with Gasteiger partial charge in [-0.2, -0.15) is 0 Å². The zero-order valence-corrected chi connectivity index (χ0v) is 12.7. The van der Waals surface area contributed by atoms with Crippen molar-refractivity contribution in [2.45, 2.75) is 56.2 Å². The second-order valence-corrected chi connectivity index (χ2v) is 6.71. The van der Waals surface area contributed by atoms with Crippen molar-refractivity contribution < 1.29 is 9.13 Å². The Morgan fingerprint density at radius 3 is 2.57 bits per heavy atom. The molecule has 0 amide bonds. The minimum atomic E-state index is -1.42. The maximum atomic E-state index is 15.7. The number of alkyl halides is 1. The molecule has 2 aliphatic rings. The molecule has 3 rings (SSSR count). The number of hydrogen-bond acceptors (Lipinski definition) is 2. The summed E-state index contributed by atoms with van der Waals surface area (Å²) in [6, 6.07) is 9.46. The number of halogens is 1. The van der Waals surface area contributed by atoms with Crippen LogP contribution in [0.2, 0.25) is 0 Å². The van der Waals surface area contributed by atoms with Gasteiger partial charge in [0.1, 0.15) is 0 Å². The topological polar surface area (TPSA) is 35.2 Å². The molecule has 1 saturated heterocycles. The summed E-state index contributed by atoms with van der Waals surface area (Å²) in [4.78, 5) is 0. The molecule has 116 valence electrons. The van der Waals surface area contributed by atoms with E-state index in [1.807, 2.05) is 30.3 Å². The zero-order chi connectivity index (χ0) is 14.8. The summed E-state index contributed by atoms with van der Waals surface area (Å²) in [5, 5.41) is 0. The Morgan fingerprint density at radius 2 is 1.90 bits per heavy atom. The van der Waals surface area contributed by atoms with Crippen molar-refractivity contribution in [3.05, 3.63) is 35.9 Å².